The Balaban J connectivity index is 1.58. The van der Waals surface area contributed by atoms with Crippen molar-refractivity contribution in [2.24, 2.45) is 11.8 Å². The zero-order valence-electron chi connectivity index (χ0n) is 27.4. The molecule has 0 spiro atoms. The van der Waals surface area contributed by atoms with Gasteiger partial charge in [-0.1, -0.05) is 70.9 Å². The van der Waals surface area contributed by atoms with Gasteiger partial charge in [-0.15, -0.1) is 0 Å². The number of allylic oxidation sites excluding steroid dienone is 5. The summed E-state index contributed by atoms with van der Waals surface area (Å²) in [5.41, 5.74) is 9.86. The van der Waals surface area contributed by atoms with Gasteiger partial charge in [-0.3, -0.25) is 4.79 Å². The van der Waals surface area contributed by atoms with Crippen LogP contribution in [0.5, 0.6) is 0 Å². The van der Waals surface area contributed by atoms with Crippen LogP contribution in [0.1, 0.15) is 90.5 Å². The van der Waals surface area contributed by atoms with Crippen molar-refractivity contribution in [3.8, 4) is 0 Å². The van der Waals surface area contributed by atoms with Gasteiger partial charge in [0.25, 0.3) is 0 Å². The number of benzene rings is 2. The summed E-state index contributed by atoms with van der Waals surface area (Å²) in [5, 5.41) is 11.4. The predicted molar refractivity (Wildman–Crippen MR) is 175 cm³/mol. The molecule has 3 aliphatic rings. The summed E-state index contributed by atoms with van der Waals surface area (Å²) in [4.78, 5) is 16.2. The van der Waals surface area contributed by atoms with Crippen LogP contribution in [-0.2, 0) is 15.6 Å². The summed E-state index contributed by atoms with van der Waals surface area (Å²) >= 11 is 0. The van der Waals surface area contributed by atoms with Crippen LogP contribution in [-0.4, -0.2) is 34.3 Å². The molecule has 2 heterocycles. The van der Waals surface area contributed by atoms with Gasteiger partial charge in [0.1, 0.15) is 12.3 Å². The lowest BCUT2D eigenvalue weighted by molar-refractivity contribution is -0.439. The quantitative estimate of drug-likeness (QED) is 0.257. The van der Waals surface area contributed by atoms with E-state index in [4.69, 9.17) is 0 Å². The molecule has 2 aromatic carbocycles. The van der Waals surface area contributed by atoms with Crippen LogP contribution in [0.25, 0.3) is 0 Å². The second kappa shape index (κ2) is 10.7. The van der Waals surface area contributed by atoms with Crippen LogP contribution < -0.4 is 4.90 Å². The van der Waals surface area contributed by atoms with Crippen LogP contribution in [0.2, 0.25) is 0 Å². The Kier molecular flexibility index (Phi) is 7.66. The molecule has 0 aromatic heterocycles. The van der Waals surface area contributed by atoms with Crippen molar-refractivity contribution in [2.45, 2.75) is 92.9 Å². The number of fused-ring (bicyclic) bond motifs is 2. The monoisotopic (exact) mass is 565 g/mol. The van der Waals surface area contributed by atoms with Crippen molar-refractivity contribution in [2.75, 3.05) is 18.0 Å². The molecule has 0 radical (unpaired) electrons. The van der Waals surface area contributed by atoms with E-state index < -0.39 is 0 Å². The number of nitrogens with zero attached hydrogens (tertiary/aromatic N) is 2. The van der Waals surface area contributed by atoms with Crippen molar-refractivity contribution in [1.29, 1.82) is 0 Å². The van der Waals surface area contributed by atoms with E-state index in [1.807, 2.05) is 12.2 Å². The predicted octanol–water partition coefficient (Wildman–Crippen LogP) is 8.77. The fraction of sp³-hybridized carbons (Fsp3) is 0.474. The first-order valence-corrected chi connectivity index (χ1v) is 15.7. The molecule has 1 aliphatic carbocycles. The first kappa shape index (κ1) is 30.1. The molecule has 42 heavy (non-hydrogen) atoms. The Bertz CT molecular complexity index is 1580. The molecule has 0 atom stereocenters. The third-order valence-corrected chi connectivity index (χ3v) is 9.52. The number of rotatable bonds is 8. The van der Waals surface area contributed by atoms with E-state index >= 15 is 0 Å². The maximum Gasteiger partial charge on any atom is 0.209 e. The Hall–Kier alpha value is -3.40. The van der Waals surface area contributed by atoms with Gasteiger partial charge < -0.3 is 10.0 Å². The number of aryl methyl sites for hydroxylation is 2. The lowest BCUT2D eigenvalue weighted by Crippen LogP contribution is -2.32. The van der Waals surface area contributed by atoms with Crippen molar-refractivity contribution in [1.82, 2.24) is 0 Å². The summed E-state index contributed by atoms with van der Waals surface area (Å²) in [6, 6.07) is 13.3. The molecule has 4 heteroatoms. The third-order valence-electron chi connectivity index (χ3n) is 9.52. The summed E-state index contributed by atoms with van der Waals surface area (Å²) in [6.07, 6.45) is 6.02. The first-order chi connectivity index (χ1) is 19.6. The molecule has 4 nitrogen and oxygen atoms in total. The summed E-state index contributed by atoms with van der Waals surface area (Å²) in [5.74, 6) is 1.16. The molecule has 0 amide bonds. The van der Waals surface area contributed by atoms with Crippen molar-refractivity contribution in [3.05, 3.63) is 93.4 Å². The zero-order chi connectivity index (χ0) is 30.7. The van der Waals surface area contributed by atoms with Crippen molar-refractivity contribution >= 4 is 22.9 Å². The number of anilines is 1. The largest absolute Gasteiger partial charge is 0.506 e. The Morgan fingerprint density at radius 1 is 0.857 bits per heavy atom. The highest BCUT2D eigenvalue weighted by Gasteiger charge is 2.47. The van der Waals surface area contributed by atoms with E-state index in [0.717, 1.165) is 37.3 Å². The second-order valence-corrected chi connectivity index (χ2v) is 14.5. The molecule has 2 aliphatic heterocycles. The molecule has 0 unspecified atom stereocenters. The lowest BCUT2D eigenvalue weighted by Gasteiger charge is -2.29. The SMILES string of the molecule is Cc1ccc2c(c1)C(C)(C)C(/C=C1/C(=O)C(/C=C3\N(CCC(C)C)c4ccc(C)cc4C3(C)C)=C1O)=[N+]2CCC(C)C. The Morgan fingerprint density at radius 3 is 2.10 bits per heavy atom. The summed E-state index contributed by atoms with van der Waals surface area (Å²) < 4.78 is 2.37. The third kappa shape index (κ3) is 4.97. The highest BCUT2D eigenvalue weighted by molar-refractivity contribution is 6.24. The molecule has 5 rings (SSSR count). The van der Waals surface area contributed by atoms with E-state index in [1.54, 1.807) is 0 Å². The number of Topliss-reactive ketones (excluding diaryl/α,β-unsaturated/α-hetero) is 1. The van der Waals surface area contributed by atoms with E-state index in [1.165, 1.54) is 33.6 Å². The minimum atomic E-state index is -0.277. The maximum atomic E-state index is 13.8. The minimum Gasteiger partial charge on any atom is -0.506 e. The second-order valence-electron chi connectivity index (χ2n) is 14.5. The number of hydrogen-bond acceptors (Lipinski definition) is 3. The topological polar surface area (TPSA) is 43.6 Å². The van der Waals surface area contributed by atoms with Gasteiger partial charge in [0.15, 0.2) is 5.71 Å². The average molecular weight is 566 g/mol. The molecule has 0 saturated carbocycles. The summed E-state index contributed by atoms with van der Waals surface area (Å²) in [6.45, 7) is 23.9. The normalized spacial score (nSPS) is 20.9. The van der Waals surface area contributed by atoms with Gasteiger partial charge in [0.05, 0.1) is 16.6 Å². The van der Waals surface area contributed by atoms with Crippen molar-refractivity contribution in [3.63, 3.8) is 0 Å². The van der Waals surface area contributed by atoms with Crippen LogP contribution >= 0.6 is 0 Å². The van der Waals surface area contributed by atoms with Gasteiger partial charge in [0.2, 0.25) is 11.5 Å². The number of hydrogen-bond donors (Lipinski definition) is 1. The molecular weight excluding hydrogens is 516 g/mol. The van der Waals surface area contributed by atoms with E-state index in [2.05, 4.69) is 115 Å². The van der Waals surface area contributed by atoms with Gasteiger partial charge in [-0.2, -0.15) is 4.58 Å². The molecule has 1 N–H and O–H groups in total. The smallest absolute Gasteiger partial charge is 0.209 e. The van der Waals surface area contributed by atoms with Gasteiger partial charge >= 0.3 is 0 Å². The number of ketones is 1. The number of carbonyl (C=O) groups is 1. The maximum absolute atomic E-state index is 13.8. The first-order valence-electron chi connectivity index (χ1n) is 15.7. The van der Waals surface area contributed by atoms with Crippen LogP contribution in [0, 0.1) is 25.7 Å². The Morgan fingerprint density at radius 2 is 1.48 bits per heavy atom. The highest BCUT2D eigenvalue weighted by Crippen LogP contribution is 2.50. The zero-order valence-corrected chi connectivity index (χ0v) is 27.4. The van der Waals surface area contributed by atoms with Crippen LogP contribution in [0.15, 0.2) is 71.2 Å². The van der Waals surface area contributed by atoms with Crippen molar-refractivity contribution < 1.29 is 14.5 Å². The van der Waals surface area contributed by atoms with Gasteiger partial charge in [-0.25, -0.2) is 0 Å². The number of carbonyl (C=O) groups excluding carboxylic acids is 1. The average Bonchev–Trinajstić information content (AvgIpc) is 3.25. The lowest BCUT2D eigenvalue weighted by atomic mass is 9.77. The highest BCUT2D eigenvalue weighted by atomic mass is 16.3. The van der Waals surface area contributed by atoms with Crippen LogP contribution in [0.3, 0.4) is 0 Å². The molecule has 0 saturated heterocycles. The van der Waals surface area contributed by atoms with E-state index in [0.29, 0.717) is 23.0 Å². The molecule has 222 valence electrons. The summed E-state index contributed by atoms with van der Waals surface area (Å²) in [7, 11) is 0. The molecular formula is C38H49N2O2+. The van der Waals surface area contributed by atoms with Crippen LogP contribution in [0.4, 0.5) is 11.4 Å². The van der Waals surface area contributed by atoms with Gasteiger partial charge in [0, 0.05) is 47.5 Å². The molecule has 2 aromatic rings. The van der Waals surface area contributed by atoms with E-state index in [9.17, 15) is 9.90 Å². The minimum absolute atomic E-state index is 0.0778. The number of aliphatic hydroxyl groups is 1. The number of aliphatic hydroxyl groups excluding tert-OH is 1. The van der Waals surface area contributed by atoms with Gasteiger partial charge in [-0.05, 0) is 69.7 Å². The fourth-order valence-corrected chi connectivity index (χ4v) is 6.74. The fourth-order valence-electron chi connectivity index (χ4n) is 6.74. The molecule has 0 fully saturated rings. The van der Waals surface area contributed by atoms with E-state index in [-0.39, 0.29) is 22.4 Å². The standard InChI is InChI=1S/C38H48N2O2/c1-23(2)15-17-39-31-13-11-25(5)19-29(31)37(7,8)33(39)21-27-35(41)28(36(27)42)22-34-38(9,10)30-20-26(6)12-14-32(30)40(34)18-16-24(3)4/h11-14,19-24H,15-18H2,1-10H3/p+1. The molecule has 0 bridgehead atoms. The Labute approximate surface area is 253 Å².